The van der Waals surface area contributed by atoms with Crippen molar-refractivity contribution in [2.45, 2.75) is 118 Å². The van der Waals surface area contributed by atoms with Gasteiger partial charge in [-0.05, 0) is 86.4 Å². The summed E-state index contributed by atoms with van der Waals surface area (Å²) in [6.45, 7) is 11.3. The van der Waals surface area contributed by atoms with Gasteiger partial charge in [0.1, 0.15) is 18.3 Å². The first-order valence-corrected chi connectivity index (χ1v) is 14.9. The Kier molecular flexibility index (Phi) is 8.73. The summed E-state index contributed by atoms with van der Waals surface area (Å²) < 4.78 is 22.8. The van der Waals surface area contributed by atoms with Gasteiger partial charge in [0.15, 0.2) is 0 Å². The van der Waals surface area contributed by atoms with Gasteiger partial charge >= 0.3 is 23.9 Å². The van der Waals surface area contributed by atoms with Gasteiger partial charge in [0.25, 0.3) is 0 Å². The molecule has 4 rings (SSSR count). The van der Waals surface area contributed by atoms with Crippen molar-refractivity contribution in [2.24, 2.45) is 46.3 Å². The largest absolute Gasteiger partial charge is 0.469 e. The van der Waals surface area contributed by atoms with Crippen LogP contribution >= 0.6 is 0 Å². The summed E-state index contributed by atoms with van der Waals surface area (Å²) in [4.78, 5) is 48.5. The number of rotatable bonds is 7. The number of hydrogen-bond acceptors (Lipinski definition) is 8. The SMILES string of the molecule is COC(=O)CC[C@@H](C)[C@H]1CC[C@H]2[C@@H]3C(OC(C)=O)CC4CC(OC(C)=O)CC[C@]4(C)[C@H]3CC(OC(C)=O)[C@]12C. The van der Waals surface area contributed by atoms with Crippen LogP contribution in [0.3, 0.4) is 0 Å². The van der Waals surface area contributed by atoms with Gasteiger partial charge in [-0.2, -0.15) is 0 Å². The lowest BCUT2D eigenvalue weighted by Crippen LogP contribution is -2.63. The molecule has 220 valence electrons. The van der Waals surface area contributed by atoms with Crippen molar-refractivity contribution in [3.05, 3.63) is 0 Å². The Labute approximate surface area is 233 Å². The molecule has 0 bridgehead atoms. The summed E-state index contributed by atoms with van der Waals surface area (Å²) in [5.74, 6) is 0.438. The molecule has 0 aromatic rings. The second-order valence-electron chi connectivity index (χ2n) is 13.4. The first kappa shape index (κ1) is 29.9. The summed E-state index contributed by atoms with van der Waals surface area (Å²) in [5, 5.41) is 0. The Balaban J connectivity index is 1.70. The summed E-state index contributed by atoms with van der Waals surface area (Å²) >= 11 is 0. The molecule has 4 saturated carbocycles. The number of ether oxygens (including phenoxy) is 4. The zero-order chi connectivity index (χ0) is 28.7. The molecule has 39 heavy (non-hydrogen) atoms. The van der Waals surface area contributed by atoms with Gasteiger partial charge in [0.05, 0.1) is 7.11 Å². The van der Waals surface area contributed by atoms with Crippen LogP contribution in [0.4, 0.5) is 0 Å². The van der Waals surface area contributed by atoms with Crippen LogP contribution in [0.25, 0.3) is 0 Å². The Morgan fingerprint density at radius 2 is 1.51 bits per heavy atom. The molecule has 4 fully saturated rings. The van der Waals surface area contributed by atoms with Crippen molar-refractivity contribution >= 4 is 23.9 Å². The van der Waals surface area contributed by atoms with E-state index in [1.807, 2.05) is 0 Å². The molecule has 4 aliphatic carbocycles. The van der Waals surface area contributed by atoms with Gasteiger partial charge in [-0.1, -0.05) is 20.8 Å². The maximum absolute atomic E-state index is 12.5. The average Bonchev–Trinajstić information content (AvgIpc) is 3.20. The number of hydrogen-bond donors (Lipinski definition) is 0. The van der Waals surface area contributed by atoms with Gasteiger partial charge in [-0.15, -0.1) is 0 Å². The second kappa shape index (κ2) is 11.4. The zero-order valence-corrected chi connectivity index (χ0v) is 24.8. The highest BCUT2D eigenvalue weighted by Gasteiger charge is 2.67. The third kappa shape index (κ3) is 5.58. The van der Waals surface area contributed by atoms with Crippen LogP contribution < -0.4 is 0 Å². The number of fused-ring (bicyclic) bond motifs is 5. The lowest BCUT2D eigenvalue weighted by atomic mass is 9.43. The molecule has 0 radical (unpaired) electrons. The fourth-order valence-electron chi connectivity index (χ4n) is 9.77. The highest BCUT2D eigenvalue weighted by molar-refractivity contribution is 5.69. The van der Waals surface area contributed by atoms with Crippen LogP contribution in [0.2, 0.25) is 0 Å². The van der Waals surface area contributed by atoms with Crippen LogP contribution in [0.1, 0.15) is 99.3 Å². The number of carbonyl (C=O) groups is 4. The fraction of sp³-hybridized carbons (Fsp3) is 0.871. The van der Waals surface area contributed by atoms with E-state index in [9.17, 15) is 19.2 Å². The van der Waals surface area contributed by atoms with E-state index in [4.69, 9.17) is 18.9 Å². The van der Waals surface area contributed by atoms with Gasteiger partial charge in [-0.3, -0.25) is 19.2 Å². The molecule has 0 aromatic carbocycles. The van der Waals surface area contributed by atoms with E-state index in [-0.39, 0.29) is 88.5 Å². The Morgan fingerprint density at radius 3 is 2.13 bits per heavy atom. The average molecular weight is 549 g/mol. The fourth-order valence-corrected chi connectivity index (χ4v) is 9.77. The lowest BCUT2D eigenvalue weighted by molar-refractivity contribution is -0.224. The normalized spacial score (nSPS) is 41.7. The lowest BCUT2D eigenvalue weighted by Gasteiger charge is -2.64. The summed E-state index contributed by atoms with van der Waals surface area (Å²) in [5.41, 5.74) is -0.300. The third-order valence-corrected chi connectivity index (χ3v) is 11.4. The van der Waals surface area contributed by atoms with Crippen molar-refractivity contribution in [3.63, 3.8) is 0 Å². The number of carbonyl (C=O) groups excluding carboxylic acids is 4. The van der Waals surface area contributed by atoms with E-state index in [2.05, 4.69) is 20.8 Å². The Hall–Kier alpha value is -2.12. The predicted molar refractivity (Wildman–Crippen MR) is 143 cm³/mol. The second-order valence-corrected chi connectivity index (χ2v) is 13.4. The molecule has 0 spiro atoms. The first-order chi connectivity index (χ1) is 18.3. The molecule has 0 N–H and O–H groups in total. The van der Waals surface area contributed by atoms with E-state index in [1.165, 1.54) is 27.9 Å². The molecule has 4 aliphatic rings. The van der Waals surface area contributed by atoms with Crippen molar-refractivity contribution in [3.8, 4) is 0 Å². The minimum absolute atomic E-state index is 0.0215. The van der Waals surface area contributed by atoms with E-state index in [0.717, 1.165) is 51.4 Å². The molecule has 0 heterocycles. The molecule has 0 saturated heterocycles. The van der Waals surface area contributed by atoms with Gasteiger partial charge < -0.3 is 18.9 Å². The molecule has 8 nitrogen and oxygen atoms in total. The van der Waals surface area contributed by atoms with E-state index < -0.39 is 0 Å². The molecular formula is C31H48O8. The standard InChI is InChI=1S/C31H48O8/c1-17(8-11-28(35)36-7)23-9-10-24-29-25(16-27(31(23,24)6)39-20(4)34)30(5)13-12-22(37-18(2)32)14-21(30)15-26(29)38-19(3)33/h17,21-27,29H,8-16H2,1-7H3/t17-,21?,22?,23-,24+,25+,26?,27?,29+,30+,31-/m1/s1. The molecule has 0 amide bonds. The molecule has 4 unspecified atom stereocenters. The Morgan fingerprint density at radius 1 is 0.846 bits per heavy atom. The monoisotopic (exact) mass is 548 g/mol. The van der Waals surface area contributed by atoms with Crippen LogP contribution in [0.5, 0.6) is 0 Å². The predicted octanol–water partition coefficient (Wildman–Crippen LogP) is 5.25. The number of methoxy groups -OCH3 is 1. The molecular weight excluding hydrogens is 500 g/mol. The highest BCUT2D eigenvalue weighted by Crippen LogP contribution is 2.69. The van der Waals surface area contributed by atoms with Gasteiger partial charge in [0.2, 0.25) is 0 Å². The van der Waals surface area contributed by atoms with Crippen molar-refractivity contribution in [1.29, 1.82) is 0 Å². The summed E-state index contributed by atoms with van der Waals surface area (Å²) in [7, 11) is 1.42. The summed E-state index contributed by atoms with van der Waals surface area (Å²) in [6, 6.07) is 0. The molecule has 0 aliphatic heterocycles. The van der Waals surface area contributed by atoms with Gasteiger partial charge in [-0.25, -0.2) is 0 Å². The van der Waals surface area contributed by atoms with E-state index in [1.54, 1.807) is 0 Å². The van der Waals surface area contributed by atoms with Crippen LogP contribution in [0.15, 0.2) is 0 Å². The van der Waals surface area contributed by atoms with Crippen molar-refractivity contribution < 1.29 is 38.1 Å². The van der Waals surface area contributed by atoms with Gasteiger partial charge in [0, 0.05) is 38.5 Å². The summed E-state index contributed by atoms with van der Waals surface area (Å²) in [6.07, 6.45) is 6.53. The number of esters is 4. The smallest absolute Gasteiger partial charge is 0.305 e. The minimum atomic E-state index is -0.279. The quantitative estimate of drug-likeness (QED) is 0.314. The highest BCUT2D eigenvalue weighted by atomic mass is 16.6. The maximum atomic E-state index is 12.5. The first-order valence-electron chi connectivity index (χ1n) is 14.9. The van der Waals surface area contributed by atoms with Crippen LogP contribution in [0, 0.1) is 46.3 Å². The molecule has 11 atom stereocenters. The minimum Gasteiger partial charge on any atom is -0.469 e. The molecule has 8 heteroatoms. The zero-order valence-electron chi connectivity index (χ0n) is 24.8. The van der Waals surface area contributed by atoms with E-state index >= 15 is 0 Å². The maximum Gasteiger partial charge on any atom is 0.305 e. The molecule has 0 aromatic heterocycles. The van der Waals surface area contributed by atoms with Crippen molar-refractivity contribution in [2.75, 3.05) is 7.11 Å². The van der Waals surface area contributed by atoms with Crippen LogP contribution in [-0.2, 0) is 38.1 Å². The third-order valence-electron chi connectivity index (χ3n) is 11.4. The van der Waals surface area contributed by atoms with Crippen LogP contribution in [-0.4, -0.2) is 49.3 Å². The van der Waals surface area contributed by atoms with Crippen molar-refractivity contribution in [1.82, 2.24) is 0 Å². The Bertz CT molecular complexity index is 962. The topological polar surface area (TPSA) is 105 Å². The van der Waals surface area contributed by atoms with E-state index in [0.29, 0.717) is 6.42 Å².